The van der Waals surface area contributed by atoms with Crippen molar-refractivity contribution in [2.45, 2.75) is 45.8 Å². The molecule has 3 heterocycles. The van der Waals surface area contributed by atoms with Gasteiger partial charge >= 0.3 is 0 Å². The average molecular weight is 373 g/mol. The first-order valence-electron chi connectivity index (χ1n) is 9.22. The largest absolute Gasteiger partial charge is 0.385 e. The van der Waals surface area contributed by atoms with Crippen molar-refractivity contribution in [2.24, 2.45) is 0 Å². The molecule has 0 aliphatic carbocycles. The normalized spacial score (nSPS) is 19.8. The SMILES string of the molecule is CCn1c(C)cc([C@@H]2[C@@H](c3ccccn3)NC(=S)N2CCCOC)c1C. The van der Waals surface area contributed by atoms with Gasteiger partial charge in [-0.15, -0.1) is 0 Å². The molecule has 1 saturated heterocycles. The Hall–Kier alpha value is -1.92. The maximum Gasteiger partial charge on any atom is 0.170 e. The molecule has 26 heavy (non-hydrogen) atoms. The molecule has 0 bridgehead atoms. The van der Waals surface area contributed by atoms with Crippen LogP contribution in [0, 0.1) is 13.8 Å². The first-order valence-corrected chi connectivity index (χ1v) is 9.63. The first-order chi connectivity index (χ1) is 12.6. The molecule has 1 aliphatic heterocycles. The molecule has 2 atom stereocenters. The summed E-state index contributed by atoms with van der Waals surface area (Å²) in [4.78, 5) is 6.90. The minimum atomic E-state index is 0.0528. The van der Waals surface area contributed by atoms with E-state index in [1.807, 2.05) is 18.3 Å². The maximum absolute atomic E-state index is 5.69. The third kappa shape index (κ3) is 3.48. The van der Waals surface area contributed by atoms with Crippen LogP contribution in [0.3, 0.4) is 0 Å². The zero-order chi connectivity index (χ0) is 18.7. The Kier molecular flexibility index (Phi) is 5.94. The molecular weight excluding hydrogens is 344 g/mol. The number of nitrogens with one attached hydrogen (secondary N) is 1. The van der Waals surface area contributed by atoms with Gasteiger partial charge in [0.2, 0.25) is 0 Å². The highest BCUT2D eigenvalue weighted by Crippen LogP contribution is 2.40. The molecule has 0 spiro atoms. The van der Waals surface area contributed by atoms with Gasteiger partial charge in [0.05, 0.1) is 17.8 Å². The van der Waals surface area contributed by atoms with Gasteiger partial charge in [0, 0.05) is 44.4 Å². The minimum Gasteiger partial charge on any atom is -0.385 e. The summed E-state index contributed by atoms with van der Waals surface area (Å²) in [5.41, 5.74) is 4.94. The summed E-state index contributed by atoms with van der Waals surface area (Å²) in [6.07, 6.45) is 2.79. The summed E-state index contributed by atoms with van der Waals surface area (Å²) in [6.45, 7) is 9.13. The molecule has 140 valence electrons. The molecule has 0 saturated carbocycles. The zero-order valence-electron chi connectivity index (χ0n) is 16.0. The number of ether oxygens (including phenoxy) is 1. The van der Waals surface area contributed by atoms with Gasteiger partial charge < -0.3 is 19.5 Å². The van der Waals surface area contributed by atoms with Gasteiger partial charge in [0.15, 0.2) is 5.11 Å². The summed E-state index contributed by atoms with van der Waals surface area (Å²) in [5, 5.41) is 4.31. The number of pyridine rings is 1. The number of methoxy groups -OCH3 is 1. The number of hydrogen-bond acceptors (Lipinski definition) is 3. The van der Waals surface area contributed by atoms with Gasteiger partial charge in [-0.25, -0.2) is 0 Å². The standard InChI is InChI=1S/C20H28N4OS/c1-5-23-14(2)13-16(15(23)3)19-18(17-9-6-7-10-21-17)22-20(26)24(19)11-8-12-25-4/h6-7,9-10,13,18-19H,5,8,11-12H2,1-4H3,(H,22,26)/t18-,19-/m1/s1. The Morgan fingerprint density at radius 2 is 2.12 bits per heavy atom. The van der Waals surface area contributed by atoms with E-state index in [1.165, 1.54) is 17.0 Å². The molecule has 2 aromatic heterocycles. The predicted molar refractivity (Wildman–Crippen MR) is 108 cm³/mol. The summed E-state index contributed by atoms with van der Waals surface area (Å²) in [5.74, 6) is 0. The zero-order valence-corrected chi connectivity index (χ0v) is 16.8. The van der Waals surface area contributed by atoms with E-state index < -0.39 is 0 Å². The highest BCUT2D eigenvalue weighted by molar-refractivity contribution is 7.80. The van der Waals surface area contributed by atoms with Crippen molar-refractivity contribution < 1.29 is 4.74 Å². The Morgan fingerprint density at radius 1 is 1.31 bits per heavy atom. The lowest BCUT2D eigenvalue weighted by atomic mass is 9.96. The third-order valence-corrected chi connectivity index (χ3v) is 5.55. The third-order valence-electron chi connectivity index (χ3n) is 5.19. The Bertz CT molecular complexity index is 759. The van der Waals surface area contributed by atoms with E-state index in [-0.39, 0.29) is 12.1 Å². The summed E-state index contributed by atoms with van der Waals surface area (Å²) in [7, 11) is 1.74. The van der Waals surface area contributed by atoms with Crippen molar-refractivity contribution in [3.8, 4) is 0 Å². The molecule has 0 aromatic carbocycles. The van der Waals surface area contributed by atoms with Crippen LogP contribution in [0.5, 0.6) is 0 Å². The lowest BCUT2D eigenvalue weighted by Gasteiger charge is -2.28. The monoisotopic (exact) mass is 372 g/mol. The summed E-state index contributed by atoms with van der Waals surface area (Å²) >= 11 is 5.69. The average Bonchev–Trinajstić information content (AvgIpc) is 3.12. The van der Waals surface area contributed by atoms with Crippen molar-refractivity contribution in [1.82, 2.24) is 19.8 Å². The van der Waals surface area contributed by atoms with Crippen LogP contribution < -0.4 is 5.32 Å². The van der Waals surface area contributed by atoms with Crippen LogP contribution in [0.2, 0.25) is 0 Å². The van der Waals surface area contributed by atoms with Crippen molar-refractivity contribution in [2.75, 3.05) is 20.3 Å². The molecule has 2 aromatic rings. The molecule has 0 unspecified atom stereocenters. The maximum atomic E-state index is 5.69. The van der Waals surface area contributed by atoms with Crippen molar-refractivity contribution in [3.63, 3.8) is 0 Å². The molecule has 0 amide bonds. The van der Waals surface area contributed by atoms with Crippen LogP contribution in [0.15, 0.2) is 30.5 Å². The fourth-order valence-corrected chi connectivity index (χ4v) is 4.31. The van der Waals surface area contributed by atoms with Gasteiger partial charge in [-0.2, -0.15) is 0 Å². The fourth-order valence-electron chi connectivity index (χ4n) is 3.98. The number of nitrogens with zero attached hydrogens (tertiary/aromatic N) is 3. The topological polar surface area (TPSA) is 42.3 Å². The molecule has 6 heteroatoms. The van der Waals surface area contributed by atoms with Gasteiger partial charge in [-0.05, 0) is 63.2 Å². The number of rotatable bonds is 7. The van der Waals surface area contributed by atoms with E-state index in [1.54, 1.807) is 7.11 Å². The number of aryl methyl sites for hydroxylation is 1. The molecule has 1 N–H and O–H groups in total. The lowest BCUT2D eigenvalue weighted by Crippen LogP contribution is -2.31. The number of thiocarbonyl (C=S) groups is 1. The second kappa shape index (κ2) is 8.18. The van der Waals surface area contributed by atoms with E-state index in [4.69, 9.17) is 17.0 Å². The van der Waals surface area contributed by atoms with Crippen LogP contribution >= 0.6 is 12.2 Å². The first kappa shape index (κ1) is 18.9. The molecule has 1 aliphatic rings. The van der Waals surface area contributed by atoms with Crippen molar-refractivity contribution in [3.05, 3.63) is 53.1 Å². The second-order valence-electron chi connectivity index (χ2n) is 6.74. The van der Waals surface area contributed by atoms with Crippen molar-refractivity contribution >= 4 is 17.3 Å². The van der Waals surface area contributed by atoms with E-state index in [9.17, 15) is 0 Å². The van der Waals surface area contributed by atoms with Gasteiger partial charge in [0.25, 0.3) is 0 Å². The molecule has 1 fully saturated rings. The smallest absolute Gasteiger partial charge is 0.170 e. The van der Waals surface area contributed by atoms with E-state index in [0.717, 1.165) is 36.9 Å². The van der Waals surface area contributed by atoms with Crippen LogP contribution in [0.1, 0.15) is 48.1 Å². The lowest BCUT2D eigenvalue weighted by molar-refractivity contribution is 0.180. The minimum absolute atomic E-state index is 0.0528. The van der Waals surface area contributed by atoms with E-state index in [0.29, 0.717) is 0 Å². The van der Waals surface area contributed by atoms with Gasteiger partial charge in [-0.3, -0.25) is 4.98 Å². The van der Waals surface area contributed by atoms with Crippen LogP contribution in [-0.4, -0.2) is 39.8 Å². The van der Waals surface area contributed by atoms with E-state index >= 15 is 0 Å². The highest BCUT2D eigenvalue weighted by Gasteiger charge is 2.40. The number of hydrogen-bond donors (Lipinski definition) is 1. The Morgan fingerprint density at radius 3 is 2.73 bits per heavy atom. The summed E-state index contributed by atoms with van der Waals surface area (Å²) in [6, 6.07) is 8.55. The van der Waals surface area contributed by atoms with E-state index in [2.05, 4.69) is 52.7 Å². The summed E-state index contributed by atoms with van der Waals surface area (Å²) < 4.78 is 7.61. The molecule has 3 rings (SSSR count). The van der Waals surface area contributed by atoms with Crippen LogP contribution in [0.25, 0.3) is 0 Å². The van der Waals surface area contributed by atoms with Gasteiger partial charge in [-0.1, -0.05) is 6.07 Å². The Labute approximate surface area is 161 Å². The van der Waals surface area contributed by atoms with Crippen LogP contribution in [0.4, 0.5) is 0 Å². The quantitative estimate of drug-likeness (QED) is 0.595. The predicted octanol–water partition coefficient (Wildman–Crippen LogP) is 3.53. The van der Waals surface area contributed by atoms with Crippen LogP contribution in [-0.2, 0) is 11.3 Å². The molecule has 0 radical (unpaired) electrons. The highest BCUT2D eigenvalue weighted by atomic mass is 32.1. The molecule has 5 nitrogen and oxygen atoms in total. The molecular formula is C20H28N4OS. The number of aromatic nitrogens is 2. The fraction of sp³-hybridized carbons (Fsp3) is 0.500. The van der Waals surface area contributed by atoms with Gasteiger partial charge in [0.1, 0.15) is 0 Å². The van der Waals surface area contributed by atoms with Crippen molar-refractivity contribution in [1.29, 1.82) is 0 Å². The Balaban J connectivity index is 2.02. The second-order valence-corrected chi connectivity index (χ2v) is 7.12.